The summed E-state index contributed by atoms with van der Waals surface area (Å²) < 4.78 is 17.3. The Kier molecular flexibility index (Phi) is 6.13. The smallest absolute Gasteiger partial charge is 0.227 e. The van der Waals surface area contributed by atoms with E-state index in [0.717, 1.165) is 5.56 Å². The van der Waals surface area contributed by atoms with E-state index in [0.29, 0.717) is 61.8 Å². The number of methoxy groups -OCH3 is 2. The predicted molar refractivity (Wildman–Crippen MR) is 128 cm³/mol. The fourth-order valence-electron chi connectivity index (χ4n) is 5.43. The van der Waals surface area contributed by atoms with Gasteiger partial charge >= 0.3 is 0 Å². The second-order valence-corrected chi connectivity index (χ2v) is 9.55. The molecule has 3 heterocycles. The van der Waals surface area contributed by atoms with Gasteiger partial charge in [0.05, 0.1) is 32.1 Å². The SMILES string of the molecule is COc1ccc2c(c1OC)OC1(CCN(C(=O)C3CC(=O)N(Cc4ccccc4)C3)CC1)CC2=O. The third kappa shape index (κ3) is 4.33. The van der Waals surface area contributed by atoms with Crippen molar-refractivity contribution in [2.45, 2.75) is 37.8 Å². The minimum Gasteiger partial charge on any atom is -0.493 e. The van der Waals surface area contributed by atoms with Gasteiger partial charge in [-0.25, -0.2) is 0 Å². The Bertz CT molecular complexity index is 1140. The zero-order valence-electron chi connectivity index (χ0n) is 20.1. The third-order valence-corrected chi connectivity index (χ3v) is 7.37. The molecule has 0 aliphatic carbocycles. The maximum absolute atomic E-state index is 13.3. The Morgan fingerprint density at radius 2 is 1.80 bits per heavy atom. The molecule has 1 unspecified atom stereocenters. The number of fused-ring (bicyclic) bond motifs is 1. The van der Waals surface area contributed by atoms with Crippen LogP contribution in [0, 0.1) is 5.92 Å². The first-order valence-corrected chi connectivity index (χ1v) is 12.0. The standard InChI is InChI=1S/C27H30N2O6/c1-33-22-9-8-20-21(30)15-27(35-24(20)25(22)34-2)10-12-28(13-11-27)26(32)19-14-23(31)29(17-19)16-18-6-4-3-5-7-18/h3-9,19H,10-17H2,1-2H3. The summed E-state index contributed by atoms with van der Waals surface area (Å²) in [6.45, 7) is 1.93. The quantitative estimate of drug-likeness (QED) is 0.657. The molecular weight excluding hydrogens is 448 g/mol. The molecule has 184 valence electrons. The lowest BCUT2D eigenvalue weighted by Crippen LogP contribution is -2.53. The van der Waals surface area contributed by atoms with Gasteiger partial charge < -0.3 is 24.0 Å². The summed E-state index contributed by atoms with van der Waals surface area (Å²) in [5.41, 5.74) is 0.876. The minimum atomic E-state index is -0.675. The number of carbonyl (C=O) groups excluding carboxylic acids is 3. The Hall–Kier alpha value is -3.55. The Morgan fingerprint density at radius 1 is 1.06 bits per heavy atom. The van der Waals surface area contributed by atoms with Crippen molar-refractivity contribution in [1.82, 2.24) is 9.80 Å². The highest BCUT2D eigenvalue weighted by Crippen LogP contribution is 2.48. The van der Waals surface area contributed by atoms with Gasteiger partial charge in [-0.05, 0) is 17.7 Å². The number of Topliss-reactive ketones (excluding diaryl/α,β-unsaturated/α-hetero) is 1. The fraction of sp³-hybridized carbons (Fsp3) is 0.444. The molecule has 0 N–H and O–H groups in total. The highest BCUT2D eigenvalue weighted by molar-refractivity contribution is 6.01. The maximum atomic E-state index is 13.3. The van der Waals surface area contributed by atoms with Crippen LogP contribution in [0.5, 0.6) is 17.2 Å². The number of ether oxygens (including phenoxy) is 3. The molecular formula is C27H30N2O6. The van der Waals surface area contributed by atoms with Crippen molar-refractivity contribution in [1.29, 1.82) is 0 Å². The molecule has 8 heteroatoms. The minimum absolute atomic E-state index is 0.00456. The first-order valence-electron chi connectivity index (χ1n) is 12.0. The molecule has 0 aromatic heterocycles. The molecule has 2 aromatic rings. The van der Waals surface area contributed by atoms with E-state index in [9.17, 15) is 14.4 Å². The van der Waals surface area contributed by atoms with Gasteiger partial charge in [-0.1, -0.05) is 30.3 Å². The average molecular weight is 479 g/mol. The van der Waals surface area contributed by atoms with Crippen molar-refractivity contribution in [3.63, 3.8) is 0 Å². The normalized spacial score (nSPS) is 21.0. The number of hydrogen-bond donors (Lipinski definition) is 0. The third-order valence-electron chi connectivity index (χ3n) is 7.37. The lowest BCUT2D eigenvalue weighted by molar-refractivity contribution is -0.139. The lowest BCUT2D eigenvalue weighted by atomic mass is 9.82. The van der Waals surface area contributed by atoms with Crippen molar-refractivity contribution < 1.29 is 28.6 Å². The summed E-state index contributed by atoms with van der Waals surface area (Å²) in [4.78, 5) is 42.4. The summed E-state index contributed by atoms with van der Waals surface area (Å²) in [7, 11) is 3.07. The van der Waals surface area contributed by atoms with Crippen LogP contribution in [0.1, 0.15) is 41.6 Å². The van der Waals surface area contributed by atoms with Crippen LogP contribution in [0.2, 0.25) is 0 Å². The molecule has 8 nitrogen and oxygen atoms in total. The second-order valence-electron chi connectivity index (χ2n) is 9.55. The van der Waals surface area contributed by atoms with Crippen molar-refractivity contribution in [2.24, 2.45) is 5.92 Å². The largest absolute Gasteiger partial charge is 0.493 e. The molecule has 0 bridgehead atoms. The molecule has 2 aromatic carbocycles. The van der Waals surface area contributed by atoms with E-state index >= 15 is 0 Å². The number of benzene rings is 2. The molecule has 2 fully saturated rings. The van der Waals surface area contributed by atoms with E-state index in [4.69, 9.17) is 14.2 Å². The van der Waals surface area contributed by atoms with E-state index in [2.05, 4.69) is 0 Å². The van der Waals surface area contributed by atoms with Crippen LogP contribution in [0.15, 0.2) is 42.5 Å². The van der Waals surface area contributed by atoms with Crippen molar-refractivity contribution in [3.05, 3.63) is 53.6 Å². The summed E-state index contributed by atoms with van der Waals surface area (Å²) in [5.74, 6) is 1.03. The molecule has 2 amide bonds. The lowest BCUT2D eigenvalue weighted by Gasteiger charge is -2.44. The van der Waals surface area contributed by atoms with Gasteiger partial charge in [0.1, 0.15) is 5.60 Å². The number of rotatable bonds is 5. The first kappa shape index (κ1) is 23.2. The number of nitrogens with zero attached hydrogens (tertiary/aromatic N) is 2. The van der Waals surface area contributed by atoms with Crippen molar-refractivity contribution in [2.75, 3.05) is 33.9 Å². The molecule has 0 radical (unpaired) electrons. The molecule has 1 spiro atoms. The van der Waals surface area contributed by atoms with Crippen LogP contribution in [0.4, 0.5) is 0 Å². The van der Waals surface area contributed by atoms with Crippen LogP contribution in [0.3, 0.4) is 0 Å². The van der Waals surface area contributed by atoms with Crippen LogP contribution < -0.4 is 14.2 Å². The van der Waals surface area contributed by atoms with Gasteiger partial charge in [0.25, 0.3) is 0 Å². The number of ketones is 1. The molecule has 3 aliphatic rings. The molecule has 5 rings (SSSR count). The van der Waals surface area contributed by atoms with Crippen LogP contribution in [-0.4, -0.2) is 66.9 Å². The Labute approximate surface area is 204 Å². The zero-order chi connectivity index (χ0) is 24.6. The van der Waals surface area contributed by atoms with E-state index in [1.54, 1.807) is 24.1 Å². The highest BCUT2D eigenvalue weighted by atomic mass is 16.5. The number of hydrogen-bond acceptors (Lipinski definition) is 6. The summed E-state index contributed by atoms with van der Waals surface area (Å²) >= 11 is 0. The highest BCUT2D eigenvalue weighted by Gasteiger charge is 2.46. The van der Waals surface area contributed by atoms with Gasteiger partial charge in [-0.15, -0.1) is 0 Å². The monoisotopic (exact) mass is 478 g/mol. The first-order chi connectivity index (χ1) is 16.9. The number of carbonyl (C=O) groups is 3. The van der Waals surface area contributed by atoms with Gasteiger partial charge in [-0.3, -0.25) is 14.4 Å². The Morgan fingerprint density at radius 3 is 2.49 bits per heavy atom. The van der Waals surface area contributed by atoms with Crippen LogP contribution >= 0.6 is 0 Å². The molecule has 0 saturated carbocycles. The van der Waals surface area contributed by atoms with Crippen LogP contribution in [-0.2, 0) is 16.1 Å². The predicted octanol–water partition coefficient (Wildman–Crippen LogP) is 3.08. The van der Waals surface area contributed by atoms with E-state index < -0.39 is 5.60 Å². The number of amides is 2. The van der Waals surface area contributed by atoms with E-state index in [1.807, 2.05) is 35.2 Å². The van der Waals surface area contributed by atoms with Crippen LogP contribution in [0.25, 0.3) is 0 Å². The maximum Gasteiger partial charge on any atom is 0.227 e. The number of likely N-dealkylation sites (tertiary alicyclic amines) is 2. The summed E-state index contributed by atoms with van der Waals surface area (Å²) in [5, 5.41) is 0. The zero-order valence-corrected chi connectivity index (χ0v) is 20.1. The van der Waals surface area contributed by atoms with Crippen molar-refractivity contribution in [3.8, 4) is 17.2 Å². The average Bonchev–Trinajstić information content (AvgIpc) is 3.23. The molecule has 2 saturated heterocycles. The summed E-state index contributed by atoms with van der Waals surface area (Å²) in [6, 6.07) is 13.2. The topological polar surface area (TPSA) is 85.4 Å². The molecule has 1 atom stereocenters. The second kappa shape index (κ2) is 9.24. The molecule has 35 heavy (non-hydrogen) atoms. The van der Waals surface area contributed by atoms with Crippen molar-refractivity contribution >= 4 is 17.6 Å². The van der Waals surface area contributed by atoms with Gasteiger partial charge in [-0.2, -0.15) is 0 Å². The molecule has 3 aliphatic heterocycles. The van der Waals surface area contributed by atoms with E-state index in [-0.39, 0.29) is 36.4 Å². The number of piperidine rings is 1. The van der Waals surface area contributed by atoms with Gasteiger partial charge in [0.2, 0.25) is 17.6 Å². The van der Waals surface area contributed by atoms with Gasteiger partial charge in [0, 0.05) is 45.4 Å². The fourth-order valence-corrected chi connectivity index (χ4v) is 5.43. The summed E-state index contributed by atoms with van der Waals surface area (Å²) in [6.07, 6.45) is 1.59. The Balaban J connectivity index is 1.24. The van der Waals surface area contributed by atoms with E-state index in [1.165, 1.54) is 7.11 Å². The van der Waals surface area contributed by atoms with Gasteiger partial charge in [0.15, 0.2) is 17.3 Å².